The summed E-state index contributed by atoms with van der Waals surface area (Å²) in [5.74, 6) is 4.76. The third kappa shape index (κ3) is 7.41. The van der Waals surface area contributed by atoms with Crippen molar-refractivity contribution in [1.29, 1.82) is 0 Å². The zero-order valence-corrected chi connectivity index (χ0v) is 19.5. The van der Waals surface area contributed by atoms with E-state index in [1.165, 1.54) is 13.2 Å². The summed E-state index contributed by atoms with van der Waals surface area (Å²) >= 11 is 0. The molecule has 2 aromatic carbocycles. The Morgan fingerprint density at radius 1 is 1.15 bits per heavy atom. The molecule has 2 N–H and O–H groups in total. The van der Waals surface area contributed by atoms with Crippen LogP contribution in [0.25, 0.3) is 11.1 Å². The van der Waals surface area contributed by atoms with Crippen LogP contribution < -0.4 is 0 Å². The lowest BCUT2D eigenvalue weighted by molar-refractivity contribution is -0.134. The Kier molecular flexibility index (Phi) is 9.63. The number of esters is 1. The molecule has 0 radical (unpaired) electrons. The second kappa shape index (κ2) is 12.9. The Hall–Kier alpha value is -3.20. The van der Waals surface area contributed by atoms with Gasteiger partial charge < -0.3 is 14.9 Å². The predicted molar refractivity (Wildman–Crippen MR) is 132 cm³/mol. The minimum atomic E-state index is -0.877. The maximum Gasteiger partial charge on any atom is 0.330 e. The van der Waals surface area contributed by atoms with Gasteiger partial charge in [0.1, 0.15) is 11.9 Å². The summed E-state index contributed by atoms with van der Waals surface area (Å²) in [5.41, 5.74) is 3.17. The molecule has 1 aliphatic carbocycles. The van der Waals surface area contributed by atoms with Gasteiger partial charge in [0.25, 0.3) is 0 Å². The summed E-state index contributed by atoms with van der Waals surface area (Å²) in [7, 11) is 1.34. The number of ether oxygens (including phenoxy) is 1. The summed E-state index contributed by atoms with van der Waals surface area (Å²) in [5, 5.41) is 20.9. The van der Waals surface area contributed by atoms with Crippen molar-refractivity contribution >= 4 is 11.8 Å². The van der Waals surface area contributed by atoms with Crippen LogP contribution in [0.2, 0.25) is 0 Å². The summed E-state index contributed by atoms with van der Waals surface area (Å²) in [4.78, 5) is 23.5. The molecule has 3 rings (SSSR count). The maximum absolute atomic E-state index is 12.4. The van der Waals surface area contributed by atoms with Crippen molar-refractivity contribution in [2.24, 2.45) is 11.8 Å². The SMILES string of the molecule is COC(=O)/C=C/CCCC[C@H]1C(=O)C[C@@H](O)C1C#C[C@@H](O)Cc1cccc(-c2ccccc2)c1. The lowest BCUT2D eigenvalue weighted by Gasteiger charge is -2.15. The Labute approximate surface area is 201 Å². The number of allylic oxidation sites excluding steroid dienone is 1. The number of ketones is 1. The van der Waals surface area contributed by atoms with E-state index in [4.69, 9.17) is 0 Å². The molecule has 0 bridgehead atoms. The van der Waals surface area contributed by atoms with Crippen LogP contribution in [0.3, 0.4) is 0 Å². The zero-order chi connectivity index (χ0) is 24.3. The smallest absolute Gasteiger partial charge is 0.330 e. The number of methoxy groups -OCH3 is 1. The largest absolute Gasteiger partial charge is 0.466 e. The van der Waals surface area contributed by atoms with Crippen molar-refractivity contribution in [3.63, 3.8) is 0 Å². The number of aliphatic hydroxyl groups excluding tert-OH is 2. The monoisotopic (exact) mass is 460 g/mol. The molecule has 1 saturated carbocycles. The van der Waals surface area contributed by atoms with E-state index in [9.17, 15) is 19.8 Å². The number of benzene rings is 2. The second-order valence-corrected chi connectivity index (χ2v) is 8.66. The Morgan fingerprint density at radius 2 is 1.91 bits per heavy atom. The van der Waals surface area contributed by atoms with Crippen molar-refractivity contribution in [2.75, 3.05) is 7.11 Å². The highest BCUT2D eigenvalue weighted by Gasteiger charge is 2.40. The molecule has 0 saturated heterocycles. The number of Topliss-reactive ketones (excluding diaryl/α,β-unsaturated/α-hetero) is 1. The van der Waals surface area contributed by atoms with Crippen LogP contribution in [-0.4, -0.2) is 41.3 Å². The highest BCUT2D eigenvalue weighted by Crippen LogP contribution is 2.33. The molecule has 5 nitrogen and oxygen atoms in total. The molecule has 5 heteroatoms. The van der Waals surface area contributed by atoms with Gasteiger partial charge in [-0.05, 0) is 36.0 Å². The predicted octanol–water partition coefficient (Wildman–Crippen LogP) is 4.12. The Balaban J connectivity index is 1.56. The summed E-state index contributed by atoms with van der Waals surface area (Å²) in [6.45, 7) is 0. The highest BCUT2D eigenvalue weighted by atomic mass is 16.5. The zero-order valence-electron chi connectivity index (χ0n) is 19.5. The van der Waals surface area contributed by atoms with E-state index in [2.05, 4.69) is 16.6 Å². The van der Waals surface area contributed by atoms with E-state index >= 15 is 0 Å². The Bertz CT molecular complexity index is 1050. The standard InChI is InChI=1S/C29H32O5/c1-34-29(33)15-8-3-2-7-14-25-26(28(32)20-27(25)31)17-16-24(30)19-21-10-9-13-23(18-21)22-11-5-4-6-12-22/h4-6,8-13,15,18,24-26,28,30,32H,2-3,7,14,19-20H2,1H3/b15-8+/t24-,25-,26?,28-/m1/s1. The van der Waals surface area contributed by atoms with Gasteiger partial charge in [0.15, 0.2) is 0 Å². The van der Waals surface area contributed by atoms with Crippen molar-refractivity contribution in [3.8, 4) is 23.0 Å². The van der Waals surface area contributed by atoms with Crippen LogP contribution in [0, 0.1) is 23.7 Å². The van der Waals surface area contributed by atoms with Gasteiger partial charge in [0, 0.05) is 24.8 Å². The van der Waals surface area contributed by atoms with E-state index < -0.39 is 18.1 Å². The fourth-order valence-corrected chi connectivity index (χ4v) is 4.34. The first kappa shape index (κ1) is 25.4. The molecule has 0 spiro atoms. The van der Waals surface area contributed by atoms with Crippen LogP contribution in [0.1, 0.15) is 37.7 Å². The number of aliphatic hydroxyl groups is 2. The van der Waals surface area contributed by atoms with Crippen molar-refractivity contribution in [1.82, 2.24) is 0 Å². The van der Waals surface area contributed by atoms with Crippen molar-refractivity contribution in [2.45, 2.75) is 50.7 Å². The van der Waals surface area contributed by atoms with E-state index in [1.54, 1.807) is 6.08 Å². The quantitative estimate of drug-likeness (QED) is 0.255. The van der Waals surface area contributed by atoms with Crippen LogP contribution in [-0.2, 0) is 20.7 Å². The highest BCUT2D eigenvalue weighted by molar-refractivity contribution is 5.85. The minimum absolute atomic E-state index is 0.0296. The van der Waals surface area contributed by atoms with Crippen molar-refractivity contribution in [3.05, 3.63) is 72.3 Å². The van der Waals surface area contributed by atoms with Crippen LogP contribution >= 0.6 is 0 Å². The molecule has 4 atom stereocenters. The first-order chi connectivity index (χ1) is 16.5. The number of carbonyl (C=O) groups is 2. The molecule has 1 unspecified atom stereocenters. The van der Waals surface area contributed by atoms with Crippen molar-refractivity contribution < 1.29 is 24.5 Å². The second-order valence-electron chi connectivity index (χ2n) is 8.66. The molecule has 178 valence electrons. The van der Waals surface area contributed by atoms with Gasteiger partial charge in [-0.1, -0.05) is 78.9 Å². The fraction of sp³-hybridized carbons (Fsp3) is 0.379. The van der Waals surface area contributed by atoms with Gasteiger partial charge in [0.2, 0.25) is 0 Å². The van der Waals surface area contributed by atoms with Gasteiger partial charge in [0.05, 0.1) is 19.1 Å². The maximum atomic E-state index is 12.4. The minimum Gasteiger partial charge on any atom is -0.466 e. The third-order valence-corrected chi connectivity index (χ3v) is 6.14. The number of hydrogen-bond donors (Lipinski definition) is 2. The van der Waals surface area contributed by atoms with Gasteiger partial charge in [-0.15, -0.1) is 0 Å². The molecule has 34 heavy (non-hydrogen) atoms. The van der Waals surface area contributed by atoms with Crippen LogP contribution in [0.15, 0.2) is 66.7 Å². The summed E-state index contributed by atoms with van der Waals surface area (Å²) < 4.78 is 4.55. The number of carbonyl (C=O) groups excluding carboxylic acids is 2. The molecule has 2 aromatic rings. The average molecular weight is 461 g/mol. The van der Waals surface area contributed by atoms with E-state index in [-0.39, 0.29) is 24.1 Å². The molecular formula is C29H32O5. The molecule has 1 fully saturated rings. The lowest BCUT2D eigenvalue weighted by atomic mass is 9.89. The van der Waals surface area contributed by atoms with Gasteiger partial charge in [-0.2, -0.15) is 0 Å². The molecular weight excluding hydrogens is 428 g/mol. The van der Waals surface area contributed by atoms with E-state index in [0.717, 1.165) is 36.0 Å². The molecule has 0 amide bonds. The molecule has 1 aliphatic rings. The molecule has 0 aromatic heterocycles. The van der Waals surface area contributed by atoms with Gasteiger partial charge >= 0.3 is 5.97 Å². The third-order valence-electron chi connectivity index (χ3n) is 6.14. The molecule has 0 aliphatic heterocycles. The number of rotatable bonds is 9. The van der Waals surface area contributed by atoms with Gasteiger partial charge in [-0.3, -0.25) is 4.79 Å². The summed E-state index contributed by atoms with van der Waals surface area (Å²) in [6.07, 6.45) is 4.95. The molecule has 0 heterocycles. The normalized spacial score (nSPS) is 20.7. The van der Waals surface area contributed by atoms with Gasteiger partial charge in [-0.25, -0.2) is 4.79 Å². The van der Waals surface area contributed by atoms with Crippen LogP contribution in [0.4, 0.5) is 0 Å². The van der Waals surface area contributed by atoms with Crippen LogP contribution in [0.5, 0.6) is 0 Å². The van der Waals surface area contributed by atoms with E-state index in [0.29, 0.717) is 12.8 Å². The van der Waals surface area contributed by atoms with E-state index in [1.807, 2.05) is 54.6 Å². The summed E-state index contributed by atoms with van der Waals surface area (Å²) in [6, 6.07) is 18.1. The fourth-order valence-electron chi connectivity index (χ4n) is 4.34. The lowest BCUT2D eigenvalue weighted by Crippen LogP contribution is -2.20. The Morgan fingerprint density at radius 3 is 2.68 bits per heavy atom. The number of unbranched alkanes of at least 4 members (excludes halogenated alkanes) is 2. The topological polar surface area (TPSA) is 83.8 Å². The first-order valence-corrected chi connectivity index (χ1v) is 11.8. The average Bonchev–Trinajstić information content (AvgIpc) is 3.12. The first-order valence-electron chi connectivity index (χ1n) is 11.8. The number of hydrogen-bond acceptors (Lipinski definition) is 5.